The Morgan fingerprint density at radius 1 is 1.17 bits per heavy atom. The van der Waals surface area contributed by atoms with E-state index in [1.165, 1.54) is 35.7 Å². The molecular weight excluding hydrogens is 399 g/mol. The number of hydrogen-bond acceptors (Lipinski definition) is 3. The number of pyridine rings is 1. The largest absolute Gasteiger partial charge is 0.416 e. The van der Waals surface area contributed by atoms with Gasteiger partial charge in [0.1, 0.15) is 5.56 Å². The fourth-order valence-corrected chi connectivity index (χ4v) is 2.94. The summed E-state index contributed by atoms with van der Waals surface area (Å²) in [6.07, 6.45) is -4.72. The lowest BCUT2D eigenvalue weighted by Gasteiger charge is -2.20. The maximum Gasteiger partial charge on any atom is 0.416 e. The molecule has 0 atom stereocenters. The number of benzene rings is 1. The lowest BCUT2D eigenvalue weighted by atomic mass is 10.1. The number of halogens is 3. The summed E-state index contributed by atoms with van der Waals surface area (Å²) in [4.78, 5) is 38.7. The van der Waals surface area contributed by atoms with Crippen LogP contribution in [0.15, 0.2) is 35.1 Å². The molecule has 0 spiro atoms. The van der Waals surface area contributed by atoms with Crippen LogP contribution in [0.2, 0.25) is 0 Å². The summed E-state index contributed by atoms with van der Waals surface area (Å²) in [5.41, 5.74) is -1.67. The Labute approximate surface area is 172 Å². The van der Waals surface area contributed by atoms with Crippen molar-refractivity contribution in [3.8, 4) is 0 Å². The van der Waals surface area contributed by atoms with E-state index in [4.69, 9.17) is 0 Å². The number of hydrogen-bond donors (Lipinski definition) is 1. The average molecular weight is 423 g/mol. The first-order valence-electron chi connectivity index (χ1n) is 9.27. The van der Waals surface area contributed by atoms with Crippen LogP contribution in [0.4, 0.5) is 18.9 Å². The highest BCUT2D eigenvalue weighted by atomic mass is 19.4. The standard InChI is InChI=1S/C21H24F3N3O3/c1-12(2)11-26(4)19(29)14-8-15(21(22,23)24)10-16(9-14)25-18(28)17-7-6-13(3)27(5)20(17)30/h6-10,12H,11H2,1-5H3,(H,25,28). The van der Waals surface area contributed by atoms with Crippen LogP contribution < -0.4 is 10.9 Å². The zero-order valence-electron chi connectivity index (χ0n) is 17.4. The summed E-state index contributed by atoms with van der Waals surface area (Å²) < 4.78 is 41.3. The Bertz CT molecular complexity index is 1030. The number of rotatable bonds is 5. The predicted octanol–water partition coefficient (Wildman–Crippen LogP) is 3.69. The van der Waals surface area contributed by atoms with Gasteiger partial charge in [-0.2, -0.15) is 13.2 Å². The molecule has 0 aliphatic rings. The van der Waals surface area contributed by atoms with Gasteiger partial charge < -0.3 is 14.8 Å². The van der Waals surface area contributed by atoms with Crippen molar-refractivity contribution in [2.75, 3.05) is 18.9 Å². The molecule has 2 rings (SSSR count). The molecule has 0 unspecified atom stereocenters. The number of anilines is 1. The summed E-state index contributed by atoms with van der Waals surface area (Å²) in [6.45, 7) is 5.80. The van der Waals surface area contributed by atoms with E-state index in [-0.39, 0.29) is 22.7 Å². The SMILES string of the molecule is Cc1ccc(C(=O)Nc2cc(C(=O)N(C)CC(C)C)cc(C(F)(F)F)c2)c(=O)n1C. The van der Waals surface area contributed by atoms with E-state index in [1.807, 2.05) is 13.8 Å². The Morgan fingerprint density at radius 3 is 2.37 bits per heavy atom. The highest BCUT2D eigenvalue weighted by Gasteiger charge is 2.32. The first-order valence-corrected chi connectivity index (χ1v) is 9.27. The smallest absolute Gasteiger partial charge is 0.341 e. The molecular formula is C21H24F3N3O3. The van der Waals surface area contributed by atoms with Crippen LogP contribution in [-0.4, -0.2) is 34.9 Å². The second-order valence-electron chi connectivity index (χ2n) is 7.58. The first-order chi connectivity index (χ1) is 13.8. The average Bonchev–Trinajstić information content (AvgIpc) is 2.64. The van der Waals surface area contributed by atoms with E-state index in [0.29, 0.717) is 12.2 Å². The van der Waals surface area contributed by atoms with Gasteiger partial charge in [-0.05, 0) is 43.2 Å². The Kier molecular flexibility index (Phi) is 6.74. The molecule has 6 nitrogen and oxygen atoms in total. The predicted molar refractivity (Wildman–Crippen MR) is 108 cm³/mol. The van der Waals surface area contributed by atoms with Gasteiger partial charge in [0, 0.05) is 37.6 Å². The van der Waals surface area contributed by atoms with Gasteiger partial charge in [0.15, 0.2) is 0 Å². The molecule has 30 heavy (non-hydrogen) atoms. The zero-order chi connectivity index (χ0) is 22.8. The quantitative estimate of drug-likeness (QED) is 0.797. The molecule has 1 heterocycles. The third kappa shape index (κ3) is 5.28. The minimum Gasteiger partial charge on any atom is -0.341 e. The molecule has 1 aromatic carbocycles. The number of carbonyl (C=O) groups excluding carboxylic acids is 2. The van der Waals surface area contributed by atoms with Crippen LogP contribution in [0.25, 0.3) is 0 Å². The van der Waals surface area contributed by atoms with E-state index in [9.17, 15) is 27.6 Å². The van der Waals surface area contributed by atoms with E-state index in [0.717, 1.165) is 12.1 Å². The van der Waals surface area contributed by atoms with Gasteiger partial charge in [-0.1, -0.05) is 13.8 Å². The van der Waals surface area contributed by atoms with Gasteiger partial charge in [0.25, 0.3) is 17.4 Å². The fourth-order valence-electron chi connectivity index (χ4n) is 2.94. The monoisotopic (exact) mass is 423 g/mol. The van der Waals surface area contributed by atoms with Gasteiger partial charge in [-0.25, -0.2) is 0 Å². The Hall–Kier alpha value is -3.10. The molecule has 2 aromatic rings. The molecule has 0 aliphatic carbocycles. The number of nitrogens with zero attached hydrogens (tertiary/aromatic N) is 2. The lowest BCUT2D eigenvalue weighted by Crippen LogP contribution is -2.31. The number of aromatic nitrogens is 1. The van der Waals surface area contributed by atoms with Crippen molar-refractivity contribution in [2.24, 2.45) is 13.0 Å². The number of nitrogens with one attached hydrogen (secondary N) is 1. The van der Waals surface area contributed by atoms with E-state index >= 15 is 0 Å². The molecule has 0 saturated carbocycles. The van der Waals surface area contributed by atoms with E-state index in [1.54, 1.807) is 13.0 Å². The molecule has 2 amide bonds. The molecule has 0 saturated heterocycles. The van der Waals surface area contributed by atoms with Gasteiger partial charge in [-0.15, -0.1) is 0 Å². The molecule has 1 N–H and O–H groups in total. The molecule has 0 radical (unpaired) electrons. The summed E-state index contributed by atoms with van der Waals surface area (Å²) in [6, 6.07) is 5.52. The number of alkyl halides is 3. The van der Waals surface area contributed by atoms with Crippen molar-refractivity contribution >= 4 is 17.5 Å². The number of aryl methyl sites for hydroxylation is 1. The molecule has 1 aromatic heterocycles. The molecule has 0 fully saturated rings. The Balaban J connectivity index is 2.45. The highest BCUT2D eigenvalue weighted by Crippen LogP contribution is 2.32. The van der Waals surface area contributed by atoms with E-state index < -0.39 is 29.1 Å². The number of carbonyl (C=O) groups is 2. The molecule has 0 aliphatic heterocycles. The van der Waals surface area contributed by atoms with Gasteiger partial charge >= 0.3 is 6.18 Å². The van der Waals surface area contributed by atoms with Crippen LogP contribution in [0, 0.1) is 12.8 Å². The Morgan fingerprint density at radius 2 is 1.80 bits per heavy atom. The van der Waals surface area contributed by atoms with Crippen molar-refractivity contribution in [1.82, 2.24) is 9.47 Å². The molecule has 0 bridgehead atoms. The minimum atomic E-state index is -4.72. The molecule has 162 valence electrons. The maximum absolute atomic E-state index is 13.4. The van der Waals surface area contributed by atoms with Crippen LogP contribution in [-0.2, 0) is 13.2 Å². The third-order valence-electron chi connectivity index (χ3n) is 4.55. The maximum atomic E-state index is 13.4. The van der Waals surface area contributed by atoms with Crippen LogP contribution >= 0.6 is 0 Å². The topological polar surface area (TPSA) is 71.4 Å². The second kappa shape index (κ2) is 8.73. The van der Waals surface area contributed by atoms with Crippen molar-refractivity contribution in [1.29, 1.82) is 0 Å². The van der Waals surface area contributed by atoms with Crippen molar-refractivity contribution in [3.05, 3.63) is 63.1 Å². The van der Waals surface area contributed by atoms with Crippen LogP contribution in [0.5, 0.6) is 0 Å². The first kappa shape index (κ1) is 23.2. The normalized spacial score (nSPS) is 11.5. The van der Waals surface area contributed by atoms with Crippen LogP contribution in [0.1, 0.15) is 45.8 Å². The molecule has 9 heteroatoms. The summed E-state index contributed by atoms with van der Waals surface area (Å²) in [5, 5.41) is 2.31. The van der Waals surface area contributed by atoms with Crippen molar-refractivity contribution in [3.63, 3.8) is 0 Å². The van der Waals surface area contributed by atoms with Gasteiger partial charge in [0.05, 0.1) is 5.56 Å². The van der Waals surface area contributed by atoms with Crippen LogP contribution in [0.3, 0.4) is 0 Å². The third-order valence-corrected chi connectivity index (χ3v) is 4.55. The minimum absolute atomic E-state index is 0.127. The fraction of sp³-hybridized carbons (Fsp3) is 0.381. The summed E-state index contributed by atoms with van der Waals surface area (Å²) in [5.74, 6) is -1.33. The second-order valence-corrected chi connectivity index (χ2v) is 7.58. The van der Waals surface area contributed by atoms with Gasteiger partial charge in [0.2, 0.25) is 0 Å². The van der Waals surface area contributed by atoms with Crippen molar-refractivity contribution < 1.29 is 22.8 Å². The van der Waals surface area contributed by atoms with Gasteiger partial charge in [-0.3, -0.25) is 14.4 Å². The summed E-state index contributed by atoms with van der Waals surface area (Å²) in [7, 11) is 2.98. The zero-order valence-corrected chi connectivity index (χ0v) is 17.4. The van der Waals surface area contributed by atoms with E-state index in [2.05, 4.69) is 5.32 Å². The van der Waals surface area contributed by atoms with Crippen molar-refractivity contribution in [2.45, 2.75) is 26.9 Å². The highest BCUT2D eigenvalue weighted by molar-refractivity contribution is 6.05. The lowest BCUT2D eigenvalue weighted by molar-refractivity contribution is -0.137. The summed E-state index contributed by atoms with van der Waals surface area (Å²) >= 11 is 0. The number of amides is 2.